The molecule has 2 aliphatic rings. The molecule has 0 spiro atoms. The third-order valence-corrected chi connectivity index (χ3v) is 14.4. The summed E-state index contributed by atoms with van der Waals surface area (Å²) in [4.78, 5) is 66.7. The molecule has 5 heterocycles. The van der Waals surface area contributed by atoms with Crippen LogP contribution >= 0.6 is 22.7 Å². The number of carbonyl (C=O) groups excluding carboxylic acids is 4. The van der Waals surface area contributed by atoms with Crippen LogP contribution in [0.1, 0.15) is 84.1 Å². The number of amides is 3. The highest BCUT2D eigenvalue weighted by Gasteiger charge is 2.44. The van der Waals surface area contributed by atoms with Crippen LogP contribution < -0.4 is 15.4 Å². The lowest BCUT2D eigenvalue weighted by atomic mass is 9.85. The van der Waals surface area contributed by atoms with Gasteiger partial charge in [-0.3, -0.25) is 28.7 Å². The zero-order valence-electron chi connectivity index (χ0n) is 38.7. The maximum absolute atomic E-state index is 14.1. The van der Waals surface area contributed by atoms with Crippen molar-refractivity contribution in [1.82, 2.24) is 35.3 Å². The second kappa shape index (κ2) is 19.3. The van der Waals surface area contributed by atoms with Crippen LogP contribution in [0.5, 0.6) is 5.75 Å². The Morgan fingerprint density at radius 2 is 1.55 bits per heavy atom. The minimum atomic E-state index is -0.997. The summed E-state index contributed by atoms with van der Waals surface area (Å²) in [6.07, 6.45) is -0.780. The van der Waals surface area contributed by atoms with Crippen molar-refractivity contribution in [3.63, 3.8) is 0 Å². The standard InChI is InChI=1S/C50H54N8O7S2/c1-27-29(3)67-49-42(27)43(53-38(22-41(61)64-8)46-56-55-30(4)58(46)49)34-15-13-32(14-16-34)33-17-19-37(20-18-33)65-25-40(60)54-45(50(5,6)7)48(63)57-24-36(59)21-39(57)47(62)51-23-31-9-11-35(12-10-31)44-28(2)52-26-66-44/h9-20,26,36,38-39,45,59H,21-25H2,1-8H3,(H,51,62)(H,54,60)/t36-,38+,39+,45-/m1/s1. The van der Waals surface area contributed by atoms with Crippen LogP contribution in [0.2, 0.25) is 0 Å². The number of aliphatic hydroxyl groups is 1. The number of aryl methyl sites for hydroxylation is 3. The molecule has 15 nitrogen and oxygen atoms in total. The lowest BCUT2D eigenvalue weighted by molar-refractivity contribution is -0.144. The largest absolute Gasteiger partial charge is 0.484 e. The molecule has 0 saturated carbocycles. The number of likely N-dealkylation sites (tertiary alicyclic amines) is 1. The molecule has 0 unspecified atom stereocenters. The number of esters is 1. The molecule has 2 aliphatic heterocycles. The number of rotatable bonds is 13. The molecule has 8 rings (SSSR count). The molecule has 3 amide bonds. The molecule has 6 aromatic rings. The monoisotopic (exact) mass is 942 g/mol. The van der Waals surface area contributed by atoms with Crippen molar-refractivity contribution in [3.8, 4) is 32.3 Å². The van der Waals surface area contributed by atoms with Crippen molar-refractivity contribution in [2.24, 2.45) is 10.4 Å². The van der Waals surface area contributed by atoms with Crippen LogP contribution in [-0.2, 0) is 30.5 Å². The van der Waals surface area contributed by atoms with Gasteiger partial charge in [-0.2, -0.15) is 0 Å². The fourth-order valence-corrected chi connectivity index (χ4v) is 10.5. The van der Waals surface area contributed by atoms with Crippen LogP contribution in [0.3, 0.4) is 0 Å². The number of hydrogen-bond acceptors (Lipinski definition) is 13. The Bertz CT molecular complexity index is 2840. The number of carbonyl (C=O) groups is 4. The van der Waals surface area contributed by atoms with E-state index in [0.29, 0.717) is 17.4 Å². The van der Waals surface area contributed by atoms with E-state index < -0.39 is 47.4 Å². The maximum atomic E-state index is 14.1. The number of thiophene rings is 1. The van der Waals surface area contributed by atoms with Crippen LogP contribution in [0.25, 0.3) is 26.6 Å². The SMILES string of the molecule is COC(=O)C[C@@H]1N=C(c2ccc(-c3ccc(OCC(=O)N[C@H](C(=O)N4C[C@H](O)C[C@H]4C(=O)NCc4ccc(-c5scnc5C)cc4)C(C)(C)C)cc3)cc2)c2c(sc(C)c2C)-n2c(C)nnc21. The summed E-state index contributed by atoms with van der Waals surface area (Å²) in [5, 5.41) is 26.2. The van der Waals surface area contributed by atoms with E-state index in [1.54, 1.807) is 34.8 Å². The molecular weight excluding hydrogens is 889 g/mol. The van der Waals surface area contributed by atoms with Crippen molar-refractivity contribution in [3.05, 3.63) is 123 Å². The topological polar surface area (TPSA) is 190 Å². The number of fused-ring (bicyclic) bond motifs is 3. The third kappa shape index (κ3) is 9.94. The van der Waals surface area contributed by atoms with Crippen LogP contribution in [-0.4, -0.2) is 97.6 Å². The van der Waals surface area contributed by atoms with Gasteiger partial charge in [-0.25, -0.2) is 4.98 Å². The summed E-state index contributed by atoms with van der Waals surface area (Å²) in [5.41, 5.74) is 9.58. The van der Waals surface area contributed by atoms with Crippen LogP contribution in [0.15, 0.2) is 83.3 Å². The summed E-state index contributed by atoms with van der Waals surface area (Å²) in [5.74, 6) is 0.0407. The molecule has 3 aromatic heterocycles. The second-order valence-corrected chi connectivity index (χ2v) is 20.1. The lowest BCUT2D eigenvalue weighted by Crippen LogP contribution is -2.58. The Morgan fingerprint density at radius 3 is 2.19 bits per heavy atom. The first-order valence-electron chi connectivity index (χ1n) is 22.1. The van der Waals surface area contributed by atoms with Crippen molar-refractivity contribution in [2.75, 3.05) is 20.3 Å². The first-order valence-corrected chi connectivity index (χ1v) is 23.8. The highest BCUT2D eigenvalue weighted by Crippen LogP contribution is 2.40. The van der Waals surface area contributed by atoms with Crippen molar-refractivity contribution in [2.45, 2.75) is 92.1 Å². The Hall–Kier alpha value is -6.56. The van der Waals surface area contributed by atoms with E-state index in [4.69, 9.17) is 14.5 Å². The number of hydrogen-bond donors (Lipinski definition) is 3. The first-order chi connectivity index (χ1) is 32.0. The molecule has 0 bridgehead atoms. The summed E-state index contributed by atoms with van der Waals surface area (Å²) >= 11 is 3.22. The molecule has 1 fully saturated rings. The predicted octanol–water partition coefficient (Wildman–Crippen LogP) is 7.00. The maximum Gasteiger partial charge on any atom is 0.308 e. The van der Waals surface area contributed by atoms with E-state index in [1.165, 1.54) is 12.0 Å². The van der Waals surface area contributed by atoms with Gasteiger partial charge in [0.25, 0.3) is 5.91 Å². The van der Waals surface area contributed by atoms with Gasteiger partial charge in [0, 0.05) is 35.5 Å². The first kappa shape index (κ1) is 47.0. The number of nitrogens with one attached hydrogen (secondary N) is 2. The molecule has 1 saturated heterocycles. The summed E-state index contributed by atoms with van der Waals surface area (Å²) in [7, 11) is 1.36. The van der Waals surface area contributed by atoms with E-state index in [9.17, 15) is 24.3 Å². The summed E-state index contributed by atoms with van der Waals surface area (Å²) < 4.78 is 12.9. The summed E-state index contributed by atoms with van der Waals surface area (Å²) in [6.45, 7) is 13.4. The minimum absolute atomic E-state index is 0.0193. The molecule has 0 aliphatic carbocycles. The highest BCUT2D eigenvalue weighted by molar-refractivity contribution is 7.15. The normalized spacial score (nSPS) is 17.2. The third-order valence-electron chi connectivity index (χ3n) is 12.3. The molecule has 3 aromatic carbocycles. The average molecular weight is 943 g/mol. The van der Waals surface area contributed by atoms with Gasteiger partial charge in [0.15, 0.2) is 12.4 Å². The van der Waals surface area contributed by atoms with Gasteiger partial charge in [-0.15, -0.1) is 32.9 Å². The number of ether oxygens (including phenoxy) is 2. The van der Waals surface area contributed by atoms with E-state index in [0.717, 1.165) is 65.1 Å². The van der Waals surface area contributed by atoms with Crippen molar-refractivity contribution < 1.29 is 33.8 Å². The van der Waals surface area contributed by atoms with Gasteiger partial charge in [-0.05, 0) is 73.1 Å². The average Bonchev–Trinajstić information content (AvgIpc) is 4.08. The molecule has 4 atom stereocenters. The van der Waals surface area contributed by atoms with Crippen molar-refractivity contribution in [1.29, 1.82) is 0 Å². The quantitative estimate of drug-likeness (QED) is 0.102. The smallest absolute Gasteiger partial charge is 0.308 e. The van der Waals surface area contributed by atoms with Crippen LogP contribution in [0, 0.1) is 33.1 Å². The molecule has 17 heteroatoms. The molecular formula is C50H54N8O7S2. The number of β-amino-alcohol motifs (C(OH)–C–C–N with tert-alkyl or cyclic N) is 1. The zero-order valence-corrected chi connectivity index (χ0v) is 40.4. The Morgan fingerprint density at radius 1 is 0.896 bits per heavy atom. The Kier molecular flexibility index (Phi) is 13.6. The fourth-order valence-electron chi connectivity index (χ4n) is 8.46. The fraction of sp³-hybridized carbons (Fsp3) is 0.360. The number of aliphatic hydroxyl groups excluding tert-OH is 1. The number of thiazole rings is 1. The molecule has 348 valence electrons. The Labute approximate surface area is 397 Å². The van der Waals surface area contributed by atoms with Gasteiger partial charge < -0.3 is 30.1 Å². The van der Waals surface area contributed by atoms with Gasteiger partial charge in [0.05, 0.1) is 41.4 Å². The lowest BCUT2D eigenvalue weighted by Gasteiger charge is -2.35. The summed E-state index contributed by atoms with van der Waals surface area (Å²) in [6, 6.07) is 20.8. The molecule has 67 heavy (non-hydrogen) atoms. The zero-order chi connectivity index (χ0) is 47.7. The number of aromatic nitrogens is 4. The Balaban J connectivity index is 0.898. The number of nitrogens with zero attached hydrogens (tertiary/aromatic N) is 6. The number of benzene rings is 3. The highest BCUT2D eigenvalue weighted by atomic mass is 32.1. The van der Waals surface area contributed by atoms with E-state index in [-0.39, 0.29) is 38.4 Å². The van der Waals surface area contributed by atoms with Gasteiger partial charge in [0.2, 0.25) is 11.8 Å². The minimum Gasteiger partial charge on any atom is -0.484 e. The van der Waals surface area contributed by atoms with E-state index in [2.05, 4.69) is 39.7 Å². The van der Waals surface area contributed by atoms with E-state index >= 15 is 0 Å². The van der Waals surface area contributed by atoms with E-state index in [1.807, 2.05) is 105 Å². The predicted molar refractivity (Wildman–Crippen MR) is 257 cm³/mol. The second-order valence-electron chi connectivity index (χ2n) is 18.0. The molecule has 3 N–H and O–H groups in total. The van der Waals surface area contributed by atoms with Gasteiger partial charge >= 0.3 is 5.97 Å². The van der Waals surface area contributed by atoms with Crippen LogP contribution in [0.4, 0.5) is 0 Å². The van der Waals surface area contributed by atoms with Gasteiger partial charge in [0.1, 0.15) is 34.7 Å². The van der Waals surface area contributed by atoms with Crippen molar-refractivity contribution >= 4 is 52.1 Å². The van der Waals surface area contributed by atoms with Gasteiger partial charge in [-0.1, -0.05) is 81.4 Å². The number of aliphatic imine (C=N–C) groups is 1. The molecule has 0 radical (unpaired) electrons. The number of methoxy groups -OCH3 is 1.